The van der Waals surface area contributed by atoms with Crippen LogP contribution in [0.3, 0.4) is 0 Å². The van der Waals surface area contributed by atoms with Gasteiger partial charge in [-0.05, 0) is 0 Å². The summed E-state index contributed by atoms with van der Waals surface area (Å²) >= 11 is 0. The van der Waals surface area contributed by atoms with Gasteiger partial charge >= 0.3 is 23.9 Å². The number of carbonyl (C=O) groups excluding carboxylic acids is 5. The van der Waals surface area contributed by atoms with Crippen LogP contribution in [0.1, 0.15) is 12.8 Å². The Bertz CT molecular complexity index is 643. The molecule has 1 heterocycles. The number of ketones is 1. The van der Waals surface area contributed by atoms with Crippen molar-refractivity contribution >= 4 is 29.7 Å². The van der Waals surface area contributed by atoms with Crippen molar-refractivity contribution in [1.82, 2.24) is 4.90 Å². The standard InChI is InChI=1S/C18H23NO9/c1-25-15(21)3-5-17(23)27-12-14(11-19-9-7-13(20)8-10-19)28-18(24)6-4-16(22)26-2/h3-6,14H,7-12H2,1-2H3/b5-3+,6-4+. The second-order valence-corrected chi connectivity index (χ2v) is 5.74. The molecule has 0 aromatic rings. The zero-order valence-corrected chi connectivity index (χ0v) is 15.8. The van der Waals surface area contributed by atoms with E-state index in [1.807, 2.05) is 4.90 Å². The number of ether oxygens (including phenoxy) is 4. The van der Waals surface area contributed by atoms with Crippen LogP contribution in [-0.2, 0) is 42.9 Å². The van der Waals surface area contributed by atoms with Crippen molar-refractivity contribution < 1.29 is 42.9 Å². The van der Waals surface area contributed by atoms with Crippen LogP contribution in [-0.4, -0.2) is 81.1 Å². The van der Waals surface area contributed by atoms with Crippen LogP contribution in [0, 0.1) is 0 Å². The minimum absolute atomic E-state index is 0.158. The van der Waals surface area contributed by atoms with Gasteiger partial charge in [0.1, 0.15) is 18.5 Å². The summed E-state index contributed by atoms with van der Waals surface area (Å²) in [5, 5.41) is 0. The smallest absolute Gasteiger partial charge is 0.331 e. The fourth-order valence-electron chi connectivity index (χ4n) is 2.23. The molecule has 0 bridgehead atoms. The first-order chi connectivity index (χ1) is 13.3. The molecule has 0 saturated carbocycles. The fourth-order valence-corrected chi connectivity index (χ4v) is 2.23. The Morgan fingerprint density at radius 3 is 1.93 bits per heavy atom. The van der Waals surface area contributed by atoms with E-state index in [-0.39, 0.29) is 18.9 Å². The number of Topliss-reactive ketones (excluding diaryl/α,β-unsaturated/α-hetero) is 1. The summed E-state index contributed by atoms with van der Waals surface area (Å²) < 4.78 is 19.0. The third kappa shape index (κ3) is 9.62. The molecule has 1 aliphatic heterocycles. The Kier molecular flexibility index (Phi) is 10.2. The quantitative estimate of drug-likeness (QED) is 0.287. The van der Waals surface area contributed by atoms with Gasteiger partial charge in [-0.15, -0.1) is 0 Å². The lowest BCUT2D eigenvalue weighted by atomic mass is 10.1. The van der Waals surface area contributed by atoms with Crippen LogP contribution in [0.5, 0.6) is 0 Å². The van der Waals surface area contributed by atoms with E-state index in [2.05, 4.69) is 9.47 Å². The highest BCUT2D eigenvalue weighted by atomic mass is 16.6. The third-order valence-corrected chi connectivity index (χ3v) is 3.68. The Morgan fingerprint density at radius 1 is 0.893 bits per heavy atom. The number of hydrogen-bond acceptors (Lipinski definition) is 10. The van der Waals surface area contributed by atoms with E-state index in [0.29, 0.717) is 25.9 Å². The molecule has 1 aliphatic rings. The first-order valence-corrected chi connectivity index (χ1v) is 8.47. The number of carbonyl (C=O) groups is 5. The van der Waals surface area contributed by atoms with Crippen LogP contribution in [0.4, 0.5) is 0 Å². The molecule has 1 saturated heterocycles. The molecule has 1 fully saturated rings. The molecule has 1 rings (SSSR count). The molecule has 0 aromatic carbocycles. The van der Waals surface area contributed by atoms with Gasteiger partial charge in [0, 0.05) is 56.8 Å². The highest BCUT2D eigenvalue weighted by molar-refractivity contribution is 5.92. The molecule has 10 nitrogen and oxygen atoms in total. The Morgan fingerprint density at radius 2 is 1.39 bits per heavy atom. The summed E-state index contributed by atoms with van der Waals surface area (Å²) in [4.78, 5) is 58.8. The van der Waals surface area contributed by atoms with Crippen LogP contribution in [0.15, 0.2) is 24.3 Å². The maximum atomic E-state index is 11.9. The van der Waals surface area contributed by atoms with E-state index in [4.69, 9.17) is 9.47 Å². The minimum Gasteiger partial charge on any atom is -0.466 e. The number of rotatable bonds is 9. The predicted octanol–water partition coefficient (Wildman–Crippen LogP) is -0.435. The molecule has 1 atom stereocenters. The number of hydrogen-bond donors (Lipinski definition) is 0. The Hall–Kier alpha value is -3.01. The third-order valence-electron chi connectivity index (χ3n) is 3.68. The number of likely N-dealkylation sites (tertiary alicyclic amines) is 1. The summed E-state index contributed by atoms with van der Waals surface area (Å²) in [5.41, 5.74) is 0. The van der Waals surface area contributed by atoms with Gasteiger partial charge < -0.3 is 18.9 Å². The molecule has 0 radical (unpaired) electrons. The van der Waals surface area contributed by atoms with Crippen LogP contribution in [0.2, 0.25) is 0 Å². The molecule has 1 unspecified atom stereocenters. The molecule has 0 spiro atoms. The molecule has 10 heteroatoms. The van der Waals surface area contributed by atoms with Crippen molar-refractivity contribution in [3.8, 4) is 0 Å². The molecule has 0 aromatic heterocycles. The second-order valence-electron chi connectivity index (χ2n) is 5.74. The van der Waals surface area contributed by atoms with Crippen molar-refractivity contribution in [3.63, 3.8) is 0 Å². The molecular weight excluding hydrogens is 374 g/mol. The van der Waals surface area contributed by atoms with Crippen molar-refractivity contribution in [1.29, 1.82) is 0 Å². The van der Waals surface area contributed by atoms with Crippen LogP contribution in [0.25, 0.3) is 0 Å². The molecule has 28 heavy (non-hydrogen) atoms. The SMILES string of the molecule is COC(=O)/C=C/C(=O)OCC(CN1CCC(=O)CC1)OC(=O)/C=C/C(=O)OC. The van der Waals surface area contributed by atoms with E-state index >= 15 is 0 Å². The minimum atomic E-state index is -0.835. The summed E-state index contributed by atoms with van der Waals surface area (Å²) in [7, 11) is 2.33. The normalized spacial score (nSPS) is 16.0. The molecule has 154 valence electrons. The topological polar surface area (TPSA) is 126 Å². The highest BCUT2D eigenvalue weighted by Gasteiger charge is 2.23. The fraction of sp³-hybridized carbons (Fsp3) is 0.500. The summed E-state index contributed by atoms with van der Waals surface area (Å²) in [6.07, 6.45) is 3.55. The van der Waals surface area contributed by atoms with Crippen LogP contribution < -0.4 is 0 Å². The van der Waals surface area contributed by atoms with Gasteiger partial charge in [-0.1, -0.05) is 0 Å². The van der Waals surface area contributed by atoms with Gasteiger partial charge in [-0.3, -0.25) is 9.69 Å². The van der Waals surface area contributed by atoms with E-state index < -0.39 is 30.0 Å². The lowest BCUT2D eigenvalue weighted by molar-refractivity contribution is -0.154. The average Bonchev–Trinajstić information content (AvgIpc) is 2.69. The highest BCUT2D eigenvalue weighted by Crippen LogP contribution is 2.09. The van der Waals surface area contributed by atoms with Gasteiger partial charge in [0.05, 0.1) is 14.2 Å². The van der Waals surface area contributed by atoms with Crippen molar-refractivity contribution in [2.45, 2.75) is 18.9 Å². The van der Waals surface area contributed by atoms with Crippen LogP contribution >= 0.6 is 0 Å². The van der Waals surface area contributed by atoms with Gasteiger partial charge in [0.2, 0.25) is 0 Å². The van der Waals surface area contributed by atoms with E-state index in [1.165, 1.54) is 14.2 Å². The first-order valence-electron chi connectivity index (χ1n) is 8.47. The van der Waals surface area contributed by atoms with E-state index in [1.54, 1.807) is 0 Å². The zero-order chi connectivity index (χ0) is 20.9. The van der Waals surface area contributed by atoms with Crippen molar-refractivity contribution in [3.05, 3.63) is 24.3 Å². The predicted molar refractivity (Wildman–Crippen MR) is 93.8 cm³/mol. The maximum absolute atomic E-state index is 11.9. The Labute approximate surface area is 162 Å². The Balaban J connectivity index is 2.64. The second kappa shape index (κ2) is 12.4. The summed E-state index contributed by atoms with van der Waals surface area (Å²) in [5.74, 6) is -2.91. The van der Waals surface area contributed by atoms with E-state index in [0.717, 1.165) is 24.3 Å². The van der Waals surface area contributed by atoms with Gasteiger partial charge in [-0.25, -0.2) is 19.2 Å². The lowest BCUT2D eigenvalue weighted by Gasteiger charge is -2.29. The maximum Gasteiger partial charge on any atom is 0.331 e. The average molecular weight is 397 g/mol. The molecule has 0 N–H and O–H groups in total. The van der Waals surface area contributed by atoms with E-state index in [9.17, 15) is 24.0 Å². The lowest BCUT2D eigenvalue weighted by Crippen LogP contribution is -2.42. The number of methoxy groups -OCH3 is 2. The van der Waals surface area contributed by atoms with Gasteiger partial charge in [0.15, 0.2) is 0 Å². The summed E-state index contributed by atoms with van der Waals surface area (Å²) in [6.45, 7) is 0.966. The largest absolute Gasteiger partial charge is 0.466 e. The molecule has 0 amide bonds. The van der Waals surface area contributed by atoms with Crippen molar-refractivity contribution in [2.75, 3.05) is 40.5 Å². The van der Waals surface area contributed by atoms with Gasteiger partial charge in [0.25, 0.3) is 0 Å². The summed E-state index contributed by atoms with van der Waals surface area (Å²) in [6, 6.07) is 0. The molecule has 0 aliphatic carbocycles. The number of nitrogens with zero attached hydrogens (tertiary/aromatic N) is 1. The number of esters is 4. The van der Waals surface area contributed by atoms with Gasteiger partial charge in [-0.2, -0.15) is 0 Å². The first kappa shape index (κ1) is 23.0. The molecular formula is C18H23NO9. The van der Waals surface area contributed by atoms with Crippen molar-refractivity contribution in [2.24, 2.45) is 0 Å². The number of piperidine rings is 1. The monoisotopic (exact) mass is 397 g/mol. The zero-order valence-electron chi connectivity index (χ0n) is 15.8.